The first-order valence-electron chi connectivity index (χ1n) is 9.65. The second-order valence-electron chi connectivity index (χ2n) is 7.93. The Kier molecular flexibility index (Phi) is 6.77. The molecular formula is C22H34BN. The largest absolute Gasteiger partial charge is 0.393 e. The van der Waals surface area contributed by atoms with Gasteiger partial charge < -0.3 is 5.32 Å². The second kappa shape index (κ2) is 8.60. The first kappa shape index (κ1) is 18.9. The molecule has 24 heavy (non-hydrogen) atoms. The van der Waals surface area contributed by atoms with Gasteiger partial charge in [-0.25, -0.2) is 0 Å². The average Bonchev–Trinajstić information content (AvgIpc) is 2.54. The molecule has 0 bridgehead atoms. The number of rotatable bonds is 8. The molecule has 1 atom stereocenters. The van der Waals surface area contributed by atoms with Crippen molar-refractivity contribution in [3.8, 4) is 0 Å². The minimum absolute atomic E-state index is 0.509. The van der Waals surface area contributed by atoms with E-state index in [1.807, 2.05) is 0 Å². The molecule has 0 amide bonds. The van der Waals surface area contributed by atoms with Crippen molar-refractivity contribution < 1.29 is 0 Å². The third kappa shape index (κ3) is 4.78. The molecule has 2 rings (SSSR count). The molecule has 2 heteroatoms. The number of hydrogen-bond donors (Lipinski definition) is 1. The van der Waals surface area contributed by atoms with E-state index in [9.17, 15) is 0 Å². The molecule has 1 N–H and O–H groups in total. The summed E-state index contributed by atoms with van der Waals surface area (Å²) in [6.07, 6.45) is 6.90. The van der Waals surface area contributed by atoms with Crippen molar-refractivity contribution in [2.24, 2.45) is 5.92 Å². The molecule has 1 aliphatic rings. The van der Waals surface area contributed by atoms with E-state index in [-0.39, 0.29) is 0 Å². The minimum Gasteiger partial charge on any atom is -0.393 e. The Balaban J connectivity index is 2.11. The Morgan fingerprint density at radius 3 is 2.75 bits per heavy atom. The third-order valence-corrected chi connectivity index (χ3v) is 5.38. The second-order valence-corrected chi connectivity index (χ2v) is 7.93. The molecule has 0 aliphatic carbocycles. The van der Waals surface area contributed by atoms with Gasteiger partial charge in [0.15, 0.2) is 6.71 Å². The zero-order chi connectivity index (χ0) is 17.7. The fourth-order valence-corrected chi connectivity index (χ4v) is 3.72. The van der Waals surface area contributed by atoms with Gasteiger partial charge in [-0.2, -0.15) is 0 Å². The lowest BCUT2D eigenvalue weighted by molar-refractivity contribution is 0.562. The van der Waals surface area contributed by atoms with E-state index in [4.69, 9.17) is 0 Å². The smallest absolute Gasteiger partial charge is 0.168 e. The predicted molar refractivity (Wildman–Crippen MR) is 110 cm³/mol. The molecule has 0 saturated heterocycles. The van der Waals surface area contributed by atoms with E-state index in [0.717, 1.165) is 37.2 Å². The van der Waals surface area contributed by atoms with Crippen molar-refractivity contribution in [1.82, 2.24) is 5.32 Å². The monoisotopic (exact) mass is 323 g/mol. The van der Waals surface area contributed by atoms with Crippen molar-refractivity contribution in [3.63, 3.8) is 0 Å². The summed E-state index contributed by atoms with van der Waals surface area (Å²) in [5, 5.41) is 3.64. The fraction of sp³-hybridized carbons (Fsp3) is 0.545. The Morgan fingerprint density at radius 2 is 2.08 bits per heavy atom. The van der Waals surface area contributed by atoms with Gasteiger partial charge in [-0.05, 0) is 60.2 Å². The standard InChI is InChI=1S/C22H34BN/c1-7-18(5)24-22-14-19-12-9-13-20(21(19)15-23(22)6)17(4)11-8-10-16(2)3/h9,12-13,16,22,24H,4-5,7-8,10-11,14-15H2,1-3,6H3. The molecule has 0 saturated carbocycles. The summed E-state index contributed by atoms with van der Waals surface area (Å²) in [5.41, 5.74) is 6.93. The van der Waals surface area contributed by atoms with Crippen LogP contribution in [0.25, 0.3) is 5.57 Å². The first-order valence-corrected chi connectivity index (χ1v) is 9.65. The molecule has 1 nitrogen and oxygen atoms in total. The summed E-state index contributed by atoms with van der Waals surface area (Å²) in [6, 6.07) is 6.79. The zero-order valence-electron chi connectivity index (χ0n) is 16.1. The normalized spacial score (nSPS) is 16.9. The van der Waals surface area contributed by atoms with Gasteiger partial charge in [0.2, 0.25) is 0 Å². The van der Waals surface area contributed by atoms with Gasteiger partial charge in [-0.3, -0.25) is 0 Å². The van der Waals surface area contributed by atoms with Crippen LogP contribution in [0.5, 0.6) is 0 Å². The van der Waals surface area contributed by atoms with Gasteiger partial charge in [0.25, 0.3) is 0 Å². The van der Waals surface area contributed by atoms with Crippen LogP contribution in [0.15, 0.2) is 37.1 Å². The molecule has 130 valence electrons. The maximum absolute atomic E-state index is 4.41. The molecule has 0 spiro atoms. The molecule has 1 aromatic carbocycles. The summed E-state index contributed by atoms with van der Waals surface area (Å²) < 4.78 is 0. The van der Waals surface area contributed by atoms with Gasteiger partial charge in [0.05, 0.1) is 0 Å². The number of hydrogen-bond acceptors (Lipinski definition) is 1. The fourth-order valence-electron chi connectivity index (χ4n) is 3.72. The maximum atomic E-state index is 4.41. The summed E-state index contributed by atoms with van der Waals surface area (Å²) in [6.45, 7) is 18.3. The van der Waals surface area contributed by atoms with Crippen molar-refractivity contribution in [2.75, 3.05) is 0 Å². The highest BCUT2D eigenvalue weighted by Gasteiger charge is 2.29. The van der Waals surface area contributed by atoms with Gasteiger partial charge >= 0.3 is 0 Å². The molecule has 1 aromatic rings. The minimum atomic E-state index is 0.509. The maximum Gasteiger partial charge on any atom is 0.168 e. The van der Waals surface area contributed by atoms with Crippen LogP contribution < -0.4 is 5.32 Å². The summed E-state index contributed by atoms with van der Waals surface area (Å²) in [7, 11) is 0. The lowest BCUT2D eigenvalue weighted by Crippen LogP contribution is -2.46. The van der Waals surface area contributed by atoms with Crippen LogP contribution in [-0.2, 0) is 12.7 Å². The van der Waals surface area contributed by atoms with E-state index in [0.29, 0.717) is 12.7 Å². The number of benzene rings is 1. The molecule has 1 aliphatic heterocycles. The molecular weight excluding hydrogens is 289 g/mol. The lowest BCUT2D eigenvalue weighted by Gasteiger charge is -2.32. The van der Waals surface area contributed by atoms with Crippen molar-refractivity contribution >= 4 is 12.3 Å². The molecule has 1 unspecified atom stereocenters. The SMILES string of the molecule is C=C(CC)NC1Cc2cccc(C(=C)CCCC(C)C)c2CB1C. The number of allylic oxidation sites excluding steroid dienone is 2. The Labute approximate surface area is 149 Å². The van der Waals surface area contributed by atoms with Crippen molar-refractivity contribution in [3.05, 3.63) is 53.7 Å². The lowest BCUT2D eigenvalue weighted by atomic mass is 9.39. The first-order chi connectivity index (χ1) is 11.4. The molecule has 0 fully saturated rings. The predicted octanol–water partition coefficient (Wildman–Crippen LogP) is 5.71. The quantitative estimate of drug-likeness (QED) is 0.604. The van der Waals surface area contributed by atoms with Crippen LogP contribution in [0, 0.1) is 5.92 Å². The van der Waals surface area contributed by atoms with Gasteiger partial charge in [-0.1, -0.05) is 65.4 Å². The molecule has 1 heterocycles. The molecule has 0 aromatic heterocycles. The number of fused-ring (bicyclic) bond motifs is 1. The van der Waals surface area contributed by atoms with E-state index in [2.05, 4.69) is 64.3 Å². The van der Waals surface area contributed by atoms with Gasteiger partial charge in [0.1, 0.15) is 0 Å². The van der Waals surface area contributed by atoms with Gasteiger partial charge in [0, 0.05) is 11.6 Å². The Morgan fingerprint density at radius 1 is 1.33 bits per heavy atom. The summed E-state index contributed by atoms with van der Waals surface area (Å²) in [5.74, 6) is 1.29. The zero-order valence-corrected chi connectivity index (χ0v) is 16.1. The average molecular weight is 323 g/mol. The van der Waals surface area contributed by atoms with Crippen LogP contribution in [0.2, 0.25) is 6.82 Å². The third-order valence-electron chi connectivity index (χ3n) is 5.38. The van der Waals surface area contributed by atoms with Crippen molar-refractivity contribution in [2.45, 2.75) is 72.0 Å². The van der Waals surface area contributed by atoms with E-state index >= 15 is 0 Å². The van der Waals surface area contributed by atoms with Crippen molar-refractivity contribution in [1.29, 1.82) is 0 Å². The summed E-state index contributed by atoms with van der Waals surface area (Å²) >= 11 is 0. The summed E-state index contributed by atoms with van der Waals surface area (Å²) in [4.78, 5) is 0. The van der Waals surface area contributed by atoms with Crippen LogP contribution in [-0.4, -0.2) is 12.7 Å². The van der Waals surface area contributed by atoms with Crippen LogP contribution >= 0.6 is 0 Å². The van der Waals surface area contributed by atoms with Crippen LogP contribution in [0.4, 0.5) is 0 Å². The Hall–Kier alpha value is -1.44. The van der Waals surface area contributed by atoms with Gasteiger partial charge in [-0.15, -0.1) is 0 Å². The highest BCUT2D eigenvalue weighted by atomic mass is 14.9. The highest BCUT2D eigenvalue weighted by Crippen LogP contribution is 2.31. The van der Waals surface area contributed by atoms with E-state index in [1.54, 1.807) is 5.56 Å². The molecule has 0 radical (unpaired) electrons. The van der Waals surface area contributed by atoms with E-state index < -0.39 is 0 Å². The van der Waals surface area contributed by atoms with Crippen LogP contribution in [0.1, 0.15) is 63.1 Å². The Bertz CT molecular complexity index is 588. The number of nitrogens with one attached hydrogen (secondary N) is 1. The van der Waals surface area contributed by atoms with E-state index in [1.165, 1.54) is 29.5 Å². The highest BCUT2D eigenvalue weighted by molar-refractivity contribution is 6.59. The van der Waals surface area contributed by atoms with Crippen LogP contribution in [0.3, 0.4) is 0 Å². The topological polar surface area (TPSA) is 12.0 Å².